The third-order valence-corrected chi connectivity index (χ3v) is 8.03. The Morgan fingerprint density at radius 3 is 1.48 bits per heavy atom. The molecular formula is C39H25N3. The van der Waals surface area contributed by atoms with Gasteiger partial charge in [-0.2, -0.15) is 0 Å². The molecule has 0 radical (unpaired) electrons. The van der Waals surface area contributed by atoms with Gasteiger partial charge in [0, 0.05) is 11.1 Å². The SMILES string of the molecule is c1ccc(-c2ncnc(-c3ccc(-c4ccc5c6ccccc6c6ccccc6c5c4)cc3-c3ccccc3)n2)cc1. The second-order valence-electron chi connectivity index (χ2n) is 10.5. The quantitative estimate of drug-likeness (QED) is 0.211. The van der Waals surface area contributed by atoms with Crippen molar-refractivity contribution in [2.75, 3.05) is 0 Å². The van der Waals surface area contributed by atoms with E-state index < -0.39 is 0 Å². The van der Waals surface area contributed by atoms with Gasteiger partial charge in [0.25, 0.3) is 0 Å². The van der Waals surface area contributed by atoms with Gasteiger partial charge in [0.2, 0.25) is 0 Å². The molecule has 0 aliphatic carbocycles. The molecule has 0 aliphatic rings. The summed E-state index contributed by atoms with van der Waals surface area (Å²) < 4.78 is 0. The number of nitrogens with zero attached hydrogens (tertiary/aromatic N) is 3. The predicted molar refractivity (Wildman–Crippen MR) is 174 cm³/mol. The Morgan fingerprint density at radius 1 is 0.310 bits per heavy atom. The standard InChI is InChI=1S/C39H25N3/c1-3-11-26(12-4-1)36-23-28(20-22-35(36)39-41-25-40-38(42-39)27-13-5-2-6-14-27)29-19-21-34-32-17-8-7-15-30(32)31-16-9-10-18-33(31)37(34)24-29/h1-25H. The van der Waals surface area contributed by atoms with Gasteiger partial charge in [-0.05, 0) is 72.8 Å². The summed E-state index contributed by atoms with van der Waals surface area (Å²) in [6, 6.07) is 51.3. The van der Waals surface area contributed by atoms with Crippen molar-refractivity contribution >= 4 is 32.3 Å². The van der Waals surface area contributed by atoms with Gasteiger partial charge >= 0.3 is 0 Å². The van der Waals surface area contributed by atoms with Gasteiger partial charge in [-0.25, -0.2) is 15.0 Å². The highest BCUT2D eigenvalue weighted by Gasteiger charge is 2.15. The highest BCUT2D eigenvalue weighted by Crippen LogP contribution is 2.39. The summed E-state index contributed by atoms with van der Waals surface area (Å²) in [5, 5.41) is 7.65. The summed E-state index contributed by atoms with van der Waals surface area (Å²) in [5.74, 6) is 1.32. The second kappa shape index (κ2) is 10.1. The smallest absolute Gasteiger partial charge is 0.163 e. The van der Waals surface area contributed by atoms with E-state index in [1.807, 2.05) is 36.4 Å². The van der Waals surface area contributed by atoms with E-state index in [0.29, 0.717) is 11.6 Å². The van der Waals surface area contributed by atoms with E-state index in [0.717, 1.165) is 27.8 Å². The zero-order chi connectivity index (χ0) is 27.9. The monoisotopic (exact) mass is 535 g/mol. The predicted octanol–water partition coefficient (Wildman–Crippen LogP) is 10.00. The van der Waals surface area contributed by atoms with Crippen LogP contribution in [-0.4, -0.2) is 15.0 Å². The first-order valence-electron chi connectivity index (χ1n) is 14.1. The van der Waals surface area contributed by atoms with Crippen LogP contribution in [0.1, 0.15) is 0 Å². The van der Waals surface area contributed by atoms with E-state index in [2.05, 4.69) is 119 Å². The highest BCUT2D eigenvalue weighted by molar-refractivity contribution is 6.25. The van der Waals surface area contributed by atoms with Gasteiger partial charge in [0.1, 0.15) is 6.33 Å². The van der Waals surface area contributed by atoms with Crippen molar-refractivity contribution in [3.05, 3.63) is 152 Å². The molecule has 3 heteroatoms. The van der Waals surface area contributed by atoms with Crippen LogP contribution in [0.3, 0.4) is 0 Å². The fourth-order valence-corrected chi connectivity index (χ4v) is 6.01. The molecule has 7 aromatic carbocycles. The molecule has 0 bridgehead atoms. The number of hydrogen-bond acceptors (Lipinski definition) is 3. The number of aromatic nitrogens is 3. The average Bonchev–Trinajstić information content (AvgIpc) is 3.09. The van der Waals surface area contributed by atoms with E-state index in [-0.39, 0.29) is 0 Å². The lowest BCUT2D eigenvalue weighted by atomic mass is 9.90. The second-order valence-corrected chi connectivity index (χ2v) is 10.5. The minimum atomic E-state index is 0.658. The molecule has 42 heavy (non-hydrogen) atoms. The third-order valence-electron chi connectivity index (χ3n) is 8.03. The van der Waals surface area contributed by atoms with Crippen molar-refractivity contribution in [3.8, 4) is 45.0 Å². The molecule has 8 aromatic rings. The molecule has 1 heterocycles. The molecule has 196 valence electrons. The Kier molecular flexibility index (Phi) is 5.79. The van der Waals surface area contributed by atoms with Crippen LogP contribution in [-0.2, 0) is 0 Å². The highest BCUT2D eigenvalue weighted by atomic mass is 15.0. The largest absolute Gasteiger partial charge is 0.217 e. The first-order chi connectivity index (χ1) is 20.8. The molecule has 0 atom stereocenters. The summed E-state index contributed by atoms with van der Waals surface area (Å²) in [4.78, 5) is 13.9. The molecule has 1 aromatic heterocycles. The average molecular weight is 536 g/mol. The topological polar surface area (TPSA) is 38.7 Å². The summed E-state index contributed by atoms with van der Waals surface area (Å²) in [5.41, 5.74) is 6.47. The molecule has 0 amide bonds. The van der Waals surface area contributed by atoms with E-state index in [4.69, 9.17) is 4.98 Å². The fourth-order valence-electron chi connectivity index (χ4n) is 6.01. The lowest BCUT2D eigenvalue weighted by Crippen LogP contribution is -1.97. The maximum atomic E-state index is 4.88. The Hall–Kier alpha value is -5.67. The first-order valence-corrected chi connectivity index (χ1v) is 14.1. The van der Waals surface area contributed by atoms with Gasteiger partial charge < -0.3 is 0 Å². The zero-order valence-electron chi connectivity index (χ0n) is 22.8. The van der Waals surface area contributed by atoms with Crippen molar-refractivity contribution in [3.63, 3.8) is 0 Å². The van der Waals surface area contributed by atoms with Crippen molar-refractivity contribution in [2.45, 2.75) is 0 Å². The van der Waals surface area contributed by atoms with Crippen molar-refractivity contribution < 1.29 is 0 Å². The van der Waals surface area contributed by atoms with Gasteiger partial charge in [0.15, 0.2) is 11.6 Å². The van der Waals surface area contributed by atoms with Gasteiger partial charge in [-0.1, -0.05) is 127 Å². The molecule has 0 fully saturated rings. The third kappa shape index (κ3) is 4.11. The summed E-state index contributed by atoms with van der Waals surface area (Å²) >= 11 is 0. The van der Waals surface area contributed by atoms with Gasteiger partial charge in [-0.15, -0.1) is 0 Å². The van der Waals surface area contributed by atoms with Gasteiger partial charge in [-0.3, -0.25) is 0 Å². The molecule has 0 unspecified atom stereocenters. The van der Waals surface area contributed by atoms with E-state index in [9.17, 15) is 0 Å². The van der Waals surface area contributed by atoms with Crippen molar-refractivity contribution in [1.29, 1.82) is 0 Å². The first kappa shape index (κ1) is 24.2. The number of fused-ring (bicyclic) bond motifs is 6. The van der Waals surface area contributed by atoms with Crippen molar-refractivity contribution in [1.82, 2.24) is 15.0 Å². The number of benzene rings is 7. The molecular weight excluding hydrogens is 510 g/mol. The maximum Gasteiger partial charge on any atom is 0.163 e. The van der Waals surface area contributed by atoms with Crippen LogP contribution >= 0.6 is 0 Å². The fraction of sp³-hybridized carbons (Fsp3) is 0. The molecule has 8 rings (SSSR count). The molecule has 0 aliphatic heterocycles. The van der Waals surface area contributed by atoms with E-state index >= 15 is 0 Å². The Morgan fingerprint density at radius 2 is 0.810 bits per heavy atom. The molecule has 0 saturated heterocycles. The van der Waals surface area contributed by atoms with Gasteiger partial charge in [0.05, 0.1) is 0 Å². The van der Waals surface area contributed by atoms with Crippen LogP contribution in [0.5, 0.6) is 0 Å². The van der Waals surface area contributed by atoms with Crippen LogP contribution in [0.25, 0.3) is 77.3 Å². The zero-order valence-corrected chi connectivity index (χ0v) is 22.8. The minimum absolute atomic E-state index is 0.658. The summed E-state index contributed by atoms with van der Waals surface area (Å²) in [6.45, 7) is 0. The molecule has 0 N–H and O–H groups in total. The number of hydrogen-bond donors (Lipinski definition) is 0. The van der Waals surface area contributed by atoms with Crippen LogP contribution in [0.2, 0.25) is 0 Å². The van der Waals surface area contributed by atoms with Crippen LogP contribution in [0, 0.1) is 0 Å². The lowest BCUT2D eigenvalue weighted by molar-refractivity contribution is 1.07. The Labute approximate surface area is 243 Å². The minimum Gasteiger partial charge on any atom is -0.217 e. The van der Waals surface area contributed by atoms with E-state index in [1.54, 1.807) is 6.33 Å². The van der Waals surface area contributed by atoms with Crippen molar-refractivity contribution in [2.24, 2.45) is 0 Å². The normalized spacial score (nSPS) is 11.3. The lowest BCUT2D eigenvalue weighted by Gasteiger charge is -2.14. The summed E-state index contributed by atoms with van der Waals surface area (Å²) in [7, 11) is 0. The van der Waals surface area contributed by atoms with Crippen LogP contribution in [0.15, 0.2) is 152 Å². The Bertz CT molecular complexity index is 2200. The van der Waals surface area contributed by atoms with E-state index in [1.165, 1.54) is 37.9 Å². The van der Waals surface area contributed by atoms with Crippen LogP contribution < -0.4 is 0 Å². The molecule has 3 nitrogen and oxygen atoms in total. The Balaban J connectivity index is 1.32. The molecule has 0 saturated carbocycles. The summed E-state index contributed by atoms with van der Waals surface area (Å²) in [6.07, 6.45) is 1.60. The van der Waals surface area contributed by atoms with Crippen LogP contribution in [0.4, 0.5) is 0 Å². The maximum absolute atomic E-state index is 4.88. The number of rotatable bonds is 4. The molecule has 0 spiro atoms.